The summed E-state index contributed by atoms with van der Waals surface area (Å²) in [4.78, 5) is 11.6. The maximum Gasteiger partial charge on any atom is 0.240 e. The van der Waals surface area contributed by atoms with Crippen LogP contribution in [0.1, 0.15) is 19.4 Å². The van der Waals surface area contributed by atoms with E-state index in [0.29, 0.717) is 11.6 Å². The SMILES string of the molecule is CC(C)(C#N)C(=O)NCc1ccc(Cl)cc1. The Balaban J connectivity index is 2.56. The van der Waals surface area contributed by atoms with E-state index < -0.39 is 5.41 Å². The van der Waals surface area contributed by atoms with E-state index in [0.717, 1.165) is 5.56 Å². The van der Waals surface area contributed by atoms with Crippen LogP contribution in [-0.2, 0) is 11.3 Å². The zero-order chi connectivity index (χ0) is 12.2. The molecule has 0 unspecified atom stereocenters. The van der Waals surface area contributed by atoms with Gasteiger partial charge < -0.3 is 5.32 Å². The van der Waals surface area contributed by atoms with Crippen molar-refractivity contribution in [3.8, 4) is 6.07 Å². The van der Waals surface area contributed by atoms with Crippen LogP contribution < -0.4 is 5.32 Å². The molecule has 1 aromatic carbocycles. The third kappa shape index (κ3) is 3.25. The molecule has 0 aliphatic rings. The van der Waals surface area contributed by atoms with Crippen LogP contribution in [0, 0.1) is 16.7 Å². The number of nitriles is 1. The fourth-order valence-corrected chi connectivity index (χ4v) is 1.18. The summed E-state index contributed by atoms with van der Waals surface area (Å²) in [5.41, 5.74) is -0.0432. The van der Waals surface area contributed by atoms with Crippen molar-refractivity contribution in [2.75, 3.05) is 0 Å². The van der Waals surface area contributed by atoms with Crippen molar-refractivity contribution in [3.05, 3.63) is 34.9 Å². The van der Waals surface area contributed by atoms with Gasteiger partial charge >= 0.3 is 0 Å². The zero-order valence-corrected chi connectivity index (χ0v) is 10.0. The molecule has 16 heavy (non-hydrogen) atoms. The molecule has 0 aromatic heterocycles. The second kappa shape index (κ2) is 5.00. The number of benzene rings is 1. The lowest BCUT2D eigenvalue weighted by molar-refractivity contribution is -0.126. The highest BCUT2D eigenvalue weighted by molar-refractivity contribution is 6.30. The molecule has 0 radical (unpaired) electrons. The summed E-state index contributed by atoms with van der Waals surface area (Å²) in [5.74, 6) is -0.273. The molecule has 84 valence electrons. The minimum absolute atomic E-state index is 0.273. The third-order valence-corrected chi connectivity index (χ3v) is 2.47. The highest BCUT2D eigenvalue weighted by Crippen LogP contribution is 2.14. The van der Waals surface area contributed by atoms with Gasteiger partial charge in [-0.25, -0.2) is 0 Å². The summed E-state index contributed by atoms with van der Waals surface area (Å²) in [5, 5.41) is 12.1. The van der Waals surface area contributed by atoms with E-state index in [4.69, 9.17) is 16.9 Å². The zero-order valence-electron chi connectivity index (χ0n) is 9.25. The normalized spacial score (nSPS) is 10.6. The lowest BCUT2D eigenvalue weighted by Gasteiger charge is -2.14. The molecule has 0 bridgehead atoms. The average molecular weight is 237 g/mol. The number of carbonyl (C=O) groups is 1. The number of nitrogens with one attached hydrogen (secondary N) is 1. The summed E-state index contributed by atoms with van der Waals surface area (Å²) >= 11 is 5.74. The van der Waals surface area contributed by atoms with Gasteiger partial charge in [-0.2, -0.15) is 5.26 Å². The van der Waals surface area contributed by atoms with Crippen LogP contribution in [0.3, 0.4) is 0 Å². The first kappa shape index (κ1) is 12.5. The topological polar surface area (TPSA) is 52.9 Å². The molecule has 0 aliphatic carbocycles. The fraction of sp³-hybridized carbons (Fsp3) is 0.333. The molecular formula is C12H13ClN2O. The standard InChI is InChI=1S/C12H13ClN2O/c1-12(2,8-14)11(16)15-7-9-3-5-10(13)6-4-9/h3-6H,7H2,1-2H3,(H,15,16). The number of hydrogen-bond donors (Lipinski definition) is 1. The lowest BCUT2D eigenvalue weighted by atomic mass is 9.95. The number of halogens is 1. The van der Waals surface area contributed by atoms with Crippen molar-refractivity contribution in [2.45, 2.75) is 20.4 Å². The van der Waals surface area contributed by atoms with Gasteiger partial charge in [-0.3, -0.25) is 4.79 Å². The Labute approximate surface area is 100 Å². The molecule has 0 saturated heterocycles. The van der Waals surface area contributed by atoms with Gasteiger partial charge in [-0.05, 0) is 31.5 Å². The van der Waals surface area contributed by atoms with Crippen molar-refractivity contribution >= 4 is 17.5 Å². The Morgan fingerprint density at radius 1 is 1.44 bits per heavy atom. The molecule has 1 rings (SSSR count). The van der Waals surface area contributed by atoms with Gasteiger partial charge in [0.1, 0.15) is 5.41 Å². The lowest BCUT2D eigenvalue weighted by Crippen LogP contribution is -2.35. The number of carbonyl (C=O) groups excluding carboxylic acids is 1. The smallest absolute Gasteiger partial charge is 0.240 e. The van der Waals surface area contributed by atoms with E-state index >= 15 is 0 Å². The Kier molecular flexibility index (Phi) is 3.92. The van der Waals surface area contributed by atoms with Gasteiger partial charge in [0.25, 0.3) is 0 Å². The Morgan fingerprint density at radius 3 is 2.50 bits per heavy atom. The first-order chi connectivity index (χ1) is 7.45. The molecule has 1 amide bonds. The van der Waals surface area contributed by atoms with Gasteiger partial charge in [0, 0.05) is 11.6 Å². The highest BCUT2D eigenvalue weighted by Gasteiger charge is 2.26. The minimum atomic E-state index is -0.994. The van der Waals surface area contributed by atoms with Crippen LogP contribution in [0.25, 0.3) is 0 Å². The van der Waals surface area contributed by atoms with Crippen molar-refractivity contribution in [2.24, 2.45) is 5.41 Å². The maximum atomic E-state index is 11.6. The summed E-state index contributed by atoms with van der Waals surface area (Å²) < 4.78 is 0. The van der Waals surface area contributed by atoms with E-state index in [1.165, 1.54) is 0 Å². The van der Waals surface area contributed by atoms with Crippen LogP contribution in [0.15, 0.2) is 24.3 Å². The van der Waals surface area contributed by atoms with Crippen LogP contribution in [0.5, 0.6) is 0 Å². The van der Waals surface area contributed by atoms with Crippen LogP contribution >= 0.6 is 11.6 Å². The molecule has 0 atom stereocenters. The van der Waals surface area contributed by atoms with E-state index in [1.807, 2.05) is 18.2 Å². The average Bonchev–Trinajstić information content (AvgIpc) is 2.28. The first-order valence-corrected chi connectivity index (χ1v) is 5.27. The molecule has 0 saturated carbocycles. The molecule has 0 heterocycles. The third-order valence-electron chi connectivity index (χ3n) is 2.21. The van der Waals surface area contributed by atoms with Crippen molar-refractivity contribution in [3.63, 3.8) is 0 Å². The van der Waals surface area contributed by atoms with Gasteiger partial charge in [-0.1, -0.05) is 23.7 Å². The predicted octanol–water partition coefficient (Wildman–Crippen LogP) is 2.51. The predicted molar refractivity (Wildman–Crippen MR) is 62.7 cm³/mol. The van der Waals surface area contributed by atoms with Gasteiger partial charge in [0.05, 0.1) is 6.07 Å². The molecule has 0 fully saturated rings. The fourth-order valence-electron chi connectivity index (χ4n) is 1.06. The first-order valence-electron chi connectivity index (χ1n) is 4.90. The molecule has 0 aliphatic heterocycles. The molecular weight excluding hydrogens is 224 g/mol. The van der Waals surface area contributed by atoms with E-state index in [2.05, 4.69) is 5.32 Å². The number of hydrogen-bond acceptors (Lipinski definition) is 2. The van der Waals surface area contributed by atoms with Gasteiger partial charge in [0.15, 0.2) is 0 Å². The monoisotopic (exact) mass is 236 g/mol. The summed E-state index contributed by atoms with van der Waals surface area (Å²) in [6, 6.07) is 9.15. The molecule has 3 nitrogen and oxygen atoms in total. The summed E-state index contributed by atoms with van der Waals surface area (Å²) in [7, 11) is 0. The molecule has 0 spiro atoms. The van der Waals surface area contributed by atoms with E-state index in [9.17, 15) is 4.79 Å². The molecule has 1 aromatic rings. The number of rotatable bonds is 3. The number of nitrogens with zero attached hydrogens (tertiary/aromatic N) is 1. The van der Waals surface area contributed by atoms with Crippen molar-refractivity contribution < 1.29 is 4.79 Å². The van der Waals surface area contributed by atoms with Crippen molar-refractivity contribution in [1.82, 2.24) is 5.32 Å². The molecule has 1 N–H and O–H groups in total. The number of amides is 1. The van der Waals surface area contributed by atoms with Gasteiger partial charge in [-0.15, -0.1) is 0 Å². The second-order valence-corrected chi connectivity index (χ2v) is 4.48. The molecule has 4 heteroatoms. The summed E-state index contributed by atoms with van der Waals surface area (Å²) in [6.45, 7) is 3.58. The van der Waals surface area contributed by atoms with E-state index in [-0.39, 0.29) is 5.91 Å². The van der Waals surface area contributed by atoms with Crippen LogP contribution in [0.2, 0.25) is 5.02 Å². The van der Waals surface area contributed by atoms with E-state index in [1.54, 1.807) is 26.0 Å². The summed E-state index contributed by atoms with van der Waals surface area (Å²) in [6.07, 6.45) is 0. The largest absolute Gasteiger partial charge is 0.351 e. The maximum absolute atomic E-state index is 11.6. The Morgan fingerprint density at radius 2 is 2.00 bits per heavy atom. The van der Waals surface area contributed by atoms with Crippen molar-refractivity contribution in [1.29, 1.82) is 5.26 Å². The van der Waals surface area contributed by atoms with Crippen LogP contribution in [-0.4, -0.2) is 5.91 Å². The minimum Gasteiger partial charge on any atom is -0.351 e. The Bertz CT molecular complexity index is 418. The Hall–Kier alpha value is -1.53. The second-order valence-electron chi connectivity index (χ2n) is 4.05. The van der Waals surface area contributed by atoms with Crippen LogP contribution in [0.4, 0.5) is 0 Å². The quantitative estimate of drug-likeness (QED) is 0.877. The van der Waals surface area contributed by atoms with Gasteiger partial charge in [0.2, 0.25) is 5.91 Å². The highest BCUT2D eigenvalue weighted by atomic mass is 35.5.